The van der Waals surface area contributed by atoms with E-state index in [4.69, 9.17) is 19.6 Å². The first-order valence-corrected chi connectivity index (χ1v) is 11.2. The molecule has 0 N–H and O–H groups in total. The standard InChI is InChI=1S/C24H29N5O3/c1-24(2,3)20-19-15-17-16-28(10-9-27-11-13-31-14-12-27)23(30)32-22(17)25-21(19)29(26-20)18-7-5-4-6-8-18/h4-8,15H,9-14,16H2,1-3H3. The largest absolute Gasteiger partial charge is 0.416 e. The van der Waals surface area contributed by atoms with E-state index < -0.39 is 0 Å². The van der Waals surface area contributed by atoms with Crippen molar-refractivity contribution in [2.45, 2.75) is 32.7 Å². The maximum atomic E-state index is 12.7. The summed E-state index contributed by atoms with van der Waals surface area (Å²) in [4.78, 5) is 21.5. The van der Waals surface area contributed by atoms with E-state index in [0.717, 1.165) is 55.2 Å². The minimum absolute atomic E-state index is 0.157. The van der Waals surface area contributed by atoms with Crippen molar-refractivity contribution in [3.63, 3.8) is 0 Å². The van der Waals surface area contributed by atoms with Gasteiger partial charge in [0.1, 0.15) is 0 Å². The Morgan fingerprint density at radius 2 is 1.81 bits per heavy atom. The summed E-state index contributed by atoms with van der Waals surface area (Å²) in [5, 5.41) is 5.91. The molecule has 1 fully saturated rings. The molecule has 0 saturated carbocycles. The molecule has 3 aromatic rings. The van der Waals surface area contributed by atoms with Crippen molar-refractivity contribution < 1.29 is 14.3 Å². The maximum absolute atomic E-state index is 12.7. The number of benzene rings is 1. The van der Waals surface area contributed by atoms with Gasteiger partial charge in [0.2, 0.25) is 5.88 Å². The smallest absolute Gasteiger partial charge is 0.391 e. The molecule has 0 atom stereocenters. The van der Waals surface area contributed by atoms with Crippen LogP contribution < -0.4 is 4.74 Å². The third-order valence-corrected chi connectivity index (χ3v) is 6.00. The van der Waals surface area contributed by atoms with Gasteiger partial charge < -0.3 is 14.4 Å². The van der Waals surface area contributed by atoms with E-state index in [2.05, 4.69) is 31.7 Å². The van der Waals surface area contributed by atoms with Crippen LogP contribution >= 0.6 is 0 Å². The Labute approximate surface area is 187 Å². The first-order chi connectivity index (χ1) is 15.4. The highest BCUT2D eigenvalue weighted by Crippen LogP contribution is 2.34. The van der Waals surface area contributed by atoms with Gasteiger partial charge in [0.25, 0.3) is 0 Å². The summed E-state index contributed by atoms with van der Waals surface area (Å²) >= 11 is 0. The van der Waals surface area contributed by atoms with E-state index in [9.17, 15) is 4.79 Å². The number of hydrogen-bond acceptors (Lipinski definition) is 6. The molecule has 1 aromatic carbocycles. The number of aromatic nitrogens is 3. The Morgan fingerprint density at radius 1 is 1.06 bits per heavy atom. The van der Waals surface area contributed by atoms with Crippen molar-refractivity contribution in [2.24, 2.45) is 0 Å². The predicted molar refractivity (Wildman–Crippen MR) is 121 cm³/mol. The lowest BCUT2D eigenvalue weighted by atomic mass is 9.90. The lowest BCUT2D eigenvalue weighted by Crippen LogP contribution is -2.45. The van der Waals surface area contributed by atoms with E-state index in [1.807, 2.05) is 35.0 Å². The zero-order valence-electron chi connectivity index (χ0n) is 18.9. The van der Waals surface area contributed by atoms with Crippen LogP contribution in [0.25, 0.3) is 16.7 Å². The third kappa shape index (κ3) is 3.96. The van der Waals surface area contributed by atoms with Gasteiger partial charge in [-0.1, -0.05) is 39.0 Å². The molecule has 5 rings (SSSR count). The van der Waals surface area contributed by atoms with Crippen molar-refractivity contribution >= 4 is 17.1 Å². The first kappa shape index (κ1) is 20.9. The fourth-order valence-electron chi connectivity index (χ4n) is 4.25. The number of morpholine rings is 1. The summed E-state index contributed by atoms with van der Waals surface area (Å²) < 4.78 is 12.9. The minimum Gasteiger partial charge on any atom is -0.391 e. The molecule has 0 aliphatic carbocycles. The molecule has 0 bridgehead atoms. The van der Waals surface area contributed by atoms with Crippen LogP contribution in [0.2, 0.25) is 0 Å². The Bertz CT molecular complexity index is 1130. The summed E-state index contributed by atoms with van der Waals surface area (Å²) in [5.74, 6) is 0.377. The van der Waals surface area contributed by atoms with Gasteiger partial charge in [-0.3, -0.25) is 4.90 Å². The summed E-state index contributed by atoms with van der Waals surface area (Å²) in [6.07, 6.45) is -0.348. The van der Waals surface area contributed by atoms with Crippen molar-refractivity contribution in [2.75, 3.05) is 39.4 Å². The van der Waals surface area contributed by atoms with Crippen molar-refractivity contribution in [1.82, 2.24) is 24.6 Å². The quantitative estimate of drug-likeness (QED) is 0.626. The Balaban J connectivity index is 1.49. The molecule has 2 aliphatic rings. The number of nitrogens with zero attached hydrogens (tertiary/aromatic N) is 5. The van der Waals surface area contributed by atoms with Crippen LogP contribution in [-0.4, -0.2) is 70.1 Å². The molecule has 1 amide bonds. The van der Waals surface area contributed by atoms with Crippen LogP contribution in [0.1, 0.15) is 32.0 Å². The minimum atomic E-state index is -0.348. The number of carbonyl (C=O) groups excluding carboxylic acids is 1. The lowest BCUT2D eigenvalue weighted by Gasteiger charge is -2.31. The van der Waals surface area contributed by atoms with Crippen LogP contribution in [0, 0.1) is 0 Å². The fourth-order valence-corrected chi connectivity index (χ4v) is 4.25. The predicted octanol–water partition coefficient (Wildman–Crippen LogP) is 3.36. The van der Waals surface area contributed by atoms with Gasteiger partial charge in [0.05, 0.1) is 31.1 Å². The number of para-hydroxylation sites is 1. The molecule has 1 saturated heterocycles. The van der Waals surface area contributed by atoms with Crippen LogP contribution in [0.5, 0.6) is 5.88 Å². The molecular formula is C24H29N5O3. The highest BCUT2D eigenvalue weighted by Gasteiger charge is 2.30. The molecule has 32 heavy (non-hydrogen) atoms. The van der Waals surface area contributed by atoms with Crippen LogP contribution in [0.4, 0.5) is 4.79 Å². The monoisotopic (exact) mass is 435 g/mol. The van der Waals surface area contributed by atoms with Crippen molar-refractivity contribution in [3.8, 4) is 11.6 Å². The highest BCUT2D eigenvalue weighted by atomic mass is 16.6. The molecule has 168 valence electrons. The van der Waals surface area contributed by atoms with Gasteiger partial charge in [0, 0.05) is 42.5 Å². The number of pyridine rings is 1. The zero-order chi connectivity index (χ0) is 22.3. The van der Waals surface area contributed by atoms with E-state index >= 15 is 0 Å². The number of ether oxygens (including phenoxy) is 2. The molecule has 8 nitrogen and oxygen atoms in total. The van der Waals surface area contributed by atoms with E-state index in [0.29, 0.717) is 24.6 Å². The van der Waals surface area contributed by atoms with Gasteiger partial charge in [-0.2, -0.15) is 10.1 Å². The summed E-state index contributed by atoms with van der Waals surface area (Å²) in [7, 11) is 0. The Morgan fingerprint density at radius 3 is 2.53 bits per heavy atom. The summed E-state index contributed by atoms with van der Waals surface area (Å²) in [5.41, 5.74) is 3.36. The molecule has 4 heterocycles. The lowest BCUT2D eigenvalue weighted by molar-refractivity contribution is 0.0328. The van der Waals surface area contributed by atoms with Gasteiger partial charge in [0.15, 0.2) is 5.65 Å². The highest BCUT2D eigenvalue weighted by molar-refractivity contribution is 5.84. The van der Waals surface area contributed by atoms with Gasteiger partial charge in [-0.05, 0) is 18.2 Å². The second kappa shape index (κ2) is 8.18. The number of hydrogen-bond donors (Lipinski definition) is 0. The van der Waals surface area contributed by atoms with Crippen LogP contribution in [-0.2, 0) is 16.7 Å². The molecule has 0 spiro atoms. The average molecular weight is 436 g/mol. The molecule has 0 unspecified atom stereocenters. The first-order valence-electron chi connectivity index (χ1n) is 11.2. The number of fused-ring (bicyclic) bond motifs is 2. The average Bonchev–Trinajstić information content (AvgIpc) is 3.16. The van der Waals surface area contributed by atoms with Crippen molar-refractivity contribution in [1.29, 1.82) is 0 Å². The molecule has 2 aromatic heterocycles. The van der Waals surface area contributed by atoms with Gasteiger partial charge in [-0.15, -0.1) is 0 Å². The van der Waals surface area contributed by atoms with E-state index in [-0.39, 0.29) is 11.5 Å². The second-order valence-electron chi connectivity index (χ2n) is 9.41. The number of carbonyl (C=O) groups is 1. The Kier molecular flexibility index (Phi) is 5.35. The Hall–Kier alpha value is -2.97. The topological polar surface area (TPSA) is 72.7 Å². The second-order valence-corrected chi connectivity index (χ2v) is 9.41. The van der Waals surface area contributed by atoms with E-state index in [1.165, 1.54) is 0 Å². The number of rotatable bonds is 4. The van der Waals surface area contributed by atoms with Crippen molar-refractivity contribution in [3.05, 3.63) is 47.7 Å². The summed E-state index contributed by atoms with van der Waals surface area (Å²) in [6, 6.07) is 12.0. The maximum Gasteiger partial charge on any atom is 0.416 e. The van der Waals surface area contributed by atoms with Gasteiger partial charge >= 0.3 is 6.09 Å². The van der Waals surface area contributed by atoms with Crippen LogP contribution in [0.3, 0.4) is 0 Å². The molecule has 2 aliphatic heterocycles. The SMILES string of the molecule is CC(C)(C)c1nn(-c2ccccc2)c2nc3c(cc12)CN(CCN1CCOCC1)C(=O)O3. The van der Waals surface area contributed by atoms with E-state index in [1.54, 1.807) is 4.90 Å². The molecular weight excluding hydrogens is 406 g/mol. The third-order valence-electron chi connectivity index (χ3n) is 6.00. The van der Waals surface area contributed by atoms with Crippen LogP contribution in [0.15, 0.2) is 36.4 Å². The summed E-state index contributed by atoms with van der Waals surface area (Å²) in [6.45, 7) is 11.7. The number of amides is 1. The fraction of sp³-hybridized carbons (Fsp3) is 0.458. The normalized spacial score (nSPS) is 17.5. The van der Waals surface area contributed by atoms with Gasteiger partial charge in [-0.25, -0.2) is 9.48 Å². The molecule has 8 heteroatoms. The molecule has 0 radical (unpaired) electrons. The zero-order valence-corrected chi connectivity index (χ0v) is 18.9.